The maximum absolute atomic E-state index is 13.3. The van der Waals surface area contributed by atoms with Crippen LogP contribution < -0.4 is 0 Å². The van der Waals surface area contributed by atoms with Crippen LogP contribution in [0, 0.1) is 5.41 Å². The second-order valence-electron chi connectivity index (χ2n) is 10.1. The van der Waals surface area contributed by atoms with Crippen molar-refractivity contribution < 1.29 is 37.4 Å². The van der Waals surface area contributed by atoms with E-state index in [9.17, 15) is 32.7 Å². The summed E-state index contributed by atoms with van der Waals surface area (Å²) < 4.78 is 44.9. The summed E-state index contributed by atoms with van der Waals surface area (Å²) in [6.45, 7) is 7.75. The van der Waals surface area contributed by atoms with E-state index in [1.165, 1.54) is 4.90 Å². The van der Waals surface area contributed by atoms with Gasteiger partial charge in [-0.15, -0.1) is 0 Å². The van der Waals surface area contributed by atoms with Crippen molar-refractivity contribution in [3.8, 4) is 0 Å². The van der Waals surface area contributed by atoms with Crippen LogP contribution in [0.3, 0.4) is 0 Å². The standard InChI is InChI=1S/C20H30F3N3O5/c1-12-8-26(16(28)20(21,22)23)19(5-6-19)10-25(12)15(27)14-7-13(9-24(14)17(29)30)31-11-18(2,3)4/h12-14H,5-11H2,1-4H3,(H,29,30)/t12-,13+,14-/m0/s1. The molecule has 3 fully saturated rings. The number of likely N-dealkylation sites (tertiary alicyclic amines) is 1. The van der Waals surface area contributed by atoms with Gasteiger partial charge in [0.25, 0.3) is 0 Å². The molecule has 0 aromatic carbocycles. The van der Waals surface area contributed by atoms with Crippen LogP contribution in [0.5, 0.6) is 0 Å². The lowest BCUT2D eigenvalue weighted by atomic mass is 9.98. The van der Waals surface area contributed by atoms with Crippen LogP contribution >= 0.6 is 0 Å². The lowest BCUT2D eigenvalue weighted by Gasteiger charge is -2.47. The molecule has 3 aliphatic rings. The SMILES string of the molecule is C[C@H]1CN(C(=O)C(F)(F)F)C2(CC2)CN1C(=O)[C@@H]1C[C@@H](OCC(C)(C)C)CN1C(=O)O. The summed E-state index contributed by atoms with van der Waals surface area (Å²) in [7, 11) is 0. The molecule has 8 nitrogen and oxygen atoms in total. The van der Waals surface area contributed by atoms with E-state index in [1.54, 1.807) is 6.92 Å². The number of nitrogens with zero attached hydrogens (tertiary/aromatic N) is 3. The Morgan fingerprint density at radius 2 is 1.71 bits per heavy atom. The molecule has 3 rings (SSSR count). The summed E-state index contributed by atoms with van der Waals surface area (Å²) in [6.07, 6.45) is -5.67. The zero-order chi connectivity index (χ0) is 23.4. The number of hydrogen-bond acceptors (Lipinski definition) is 4. The Bertz CT molecular complexity index is 747. The second kappa shape index (κ2) is 7.83. The van der Waals surface area contributed by atoms with Crippen LogP contribution in [0.15, 0.2) is 0 Å². The van der Waals surface area contributed by atoms with Gasteiger partial charge in [-0.1, -0.05) is 20.8 Å². The van der Waals surface area contributed by atoms with Crippen LogP contribution in [-0.2, 0) is 14.3 Å². The lowest BCUT2D eigenvalue weighted by molar-refractivity contribution is -0.193. The number of halogens is 3. The molecule has 31 heavy (non-hydrogen) atoms. The molecule has 11 heteroatoms. The Balaban J connectivity index is 1.73. The van der Waals surface area contributed by atoms with Crippen LogP contribution in [0.4, 0.5) is 18.0 Å². The number of carbonyl (C=O) groups excluding carboxylic acids is 2. The van der Waals surface area contributed by atoms with Crippen molar-refractivity contribution >= 4 is 17.9 Å². The predicted octanol–water partition coefficient (Wildman–Crippen LogP) is 2.32. The lowest BCUT2D eigenvalue weighted by Crippen LogP contribution is -2.65. The van der Waals surface area contributed by atoms with Gasteiger partial charge in [-0.2, -0.15) is 13.2 Å². The first-order valence-corrected chi connectivity index (χ1v) is 10.5. The van der Waals surface area contributed by atoms with E-state index in [2.05, 4.69) is 0 Å². The Labute approximate surface area is 179 Å². The number of hydrogen-bond donors (Lipinski definition) is 1. The van der Waals surface area contributed by atoms with E-state index < -0.39 is 47.8 Å². The third-order valence-corrected chi connectivity index (χ3v) is 6.16. The smallest absolute Gasteiger partial charge is 0.465 e. The molecular weight excluding hydrogens is 419 g/mol. The molecule has 2 heterocycles. The highest BCUT2D eigenvalue weighted by atomic mass is 19.4. The van der Waals surface area contributed by atoms with Crippen molar-refractivity contribution in [3.05, 3.63) is 0 Å². The van der Waals surface area contributed by atoms with Crippen molar-refractivity contribution in [3.63, 3.8) is 0 Å². The third-order valence-electron chi connectivity index (χ3n) is 6.16. The van der Waals surface area contributed by atoms with Gasteiger partial charge in [0.05, 0.1) is 24.8 Å². The van der Waals surface area contributed by atoms with Gasteiger partial charge < -0.3 is 19.6 Å². The molecule has 1 N–H and O–H groups in total. The monoisotopic (exact) mass is 449 g/mol. The van der Waals surface area contributed by atoms with E-state index in [0.29, 0.717) is 19.4 Å². The second-order valence-corrected chi connectivity index (χ2v) is 10.1. The van der Waals surface area contributed by atoms with Crippen LogP contribution in [0.1, 0.15) is 47.0 Å². The number of ether oxygens (including phenoxy) is 1. The first-order chi connectivity index (χ1) is 14.1. The van der Waals surface area contributed by atoms with Crippen molar-refractivity contribution in [1.29, 1.82) is 0 Å². The maximum atomic E-state index is 13.3. The van der Waals surface area contributed by atoms with Gasteiger partial charge in [0, 0.05) is 25.6 Å². The highest BCUT2D eigenvalue weighted by molar-refractivity contribution is 5.88. The topological polar surface area (TPSA) is 90.4 Å². The minimum Gasteiger partial charge on any atom is -0.465 e. The van der Waals surface area contributed by atoms with Crippen molar-refractivity contribution in [2.75, 3.05) is 26.2 Å². The Morgan fingerprint density at radius 3 is 2.19 bits per heavy atom. The molecular formula is C20H30F3N3O5. The first kappa shape index (κ1) is 23.6. The summed E-state index contributed by atoms with van der Waals surface area (Å²) >= 11 is 0. The summed E-state index contributed by atoms with van der Waals surface area (Å²) in [5, 5.41) is 9.58. The molecule has 2 saturated heterocycles. The zero-order valence-corrected chi connectivity index (χ0v) is 18.2. The quantitative estimate of drug-likeness (QED) is 0.714. The highest BCUT2D eigenvalue weighted by Crippen LogP contribution is 2.47. The fourth-order valence-corrected chi connectivity index (χ4v) is 4.36. The average molecular weight is 449 g/mol. The number of amides is 3. The number of rotatable bonds is 3. The molecule has 0 aromatic rings. The zero-order valence-electron chi connectivity index (χ0n) is 18.2. The minimum atomic E-state index is -4.97. The molecule has 3 amide bonds. The third kappa shape index (κ3) is 4.91. The summed E-state index contributed by atoms with van der Waals surface area (Å²) in [4.78, 5) is 40.3. The van der Waals surface area contributed by atoms with Gasteiger partial charge in [0.15, 0.2) is 0 Å². The van der Waals surface area contributed by atoms with Crippen LogP contribution in [0.25, 0.3) is 0 Å². The van der Waals surface area contributed by atoms with Crippen molar-refractivity contribution in [2.45, 2.75) is 76.9 Å². The van der Waals surface area contributed by atoms with E-state index in [0.717, 1.165) is 9.80 Å². The summed E-state index contributed by atoms with van der Waals surface area (Å²) in [5.74, 6) is -2.32. The first-order valence-electron chi connectivity index (χ1n) is 10.5. The Hall–Kier alpha value is -2.04. The molecule has 0 unspecified atom stereocenters. The molecule has 0 aromatic heterocycles. The van der Waals surface area contributed by atoms with Crippen LogP contribution in [-0.4, -0.2) is 93.9 Å². The van der Waals surface area contributed by atoms with Crippen molar-refractivity contribution in [2.24, 2.45) is 5.41 Å². The van der Waals surface area contributed by atoms with Gasteiger partial charge in [0.1, 0.15) is 6.04 Å². The highest BCUT2D eigenvalue weighted by Gasteiger charge is 2.60. The maximum Gasteiger partial charge on any atom is 0.471 e. The summed E-state index contributed by atoms with van der Waals surface area (Å²) in [6, 6.07) is -1.61. The van der Waals surface area contributed by atoms with Gasteiger partial charge in [-0.05, 0) is 25.2 Å². The fraction of sp³-hybridized carbons (Fsp3) is 0.850. The molecule has 1 spiro atoms. The molecule has 3 atom stereocenters. The van der Waals surface area contributed by atoms with E-state index in [-0.39, 0.29) is 31.5 Å². The minimum absolute atomic E-state index is 0.0215. The predicted molar refractivity (Wildman–Crippen MR) is 103 cm³/mol. The largest absolute Gasteiger partial charge is 0.471 e. The molecule has 2 aliphatic heterocycles. The molecule has 0 bridgehead atoms. The van der Waals surface area contributed by atoms with Gasteiger partial charge >= 0.3 is 18.2 Å². The number of carboxylic acid groups (broad SMARTS) is 1. The number of alkyl halides is 3. The molecule has 0 radical (unpaired) electrons. The average Bonchev–Trinajstić information content (AvgIpc) is 3.26. The van der Waals surface area contributed by atoms with E-state index in [1.807, 2.05) is 20.8 Å². The molecule has 1 saturated carbocycles. The van der Waals surface area contributed by atoms with Crippen LogP contribution in [0.2, 0.25) is 0 Å². The number of carbonyl (C=O) groups is 3. The molecule has 176 valence electrons. The Kier molecular flexibility index (Phi) is 5.96. The normalized spacial score (nSPS) is 28.2. The molecule has 1 aliphatic carbocycles. The Morgan fingerprint density at radius 1 is 1.10 bits per heavy atom. The van der Waals surface area contributed by atoms with E-state index in [4.69, 9.17) is 4.74 Å². The van der Waals surface area contributed by atoms with Gasteiger partial charge in [-0.3, -0.25) is 14.5 Å². The van der Waals surface area contributed by atoms with Crippen molar-refractivity contribution in [1.82, 2.24) is 14.7 Å². The fourth-order valence-electron chi connectivity index (χ4n) is 4.36. The van der Waals surface area contributed by atoms with Gasteiger partial charge in [0.2, 0.25) is 5.91 Å². The summed E-state index contributed by atoms with van der Waals surface area (Å²) in [5.41, 5.74) is -1.13. The van der Waals surface area contributed by atoms with E-state index >= 15 is 0 Å². The number of piperazine rings is 1. The van der Waals surface area contributed by atoms with Gasteiger partial charge in [-0.25, -0.2) is 4.79 Å².